The van der Waals surface area contributed by atoms with Crippen molar-refractivity contribution in [1.82, 2.24) is 5.32 Å². The second kappa shape index (κ2) is 7.68. The van der Waals surface area contributed by atoms with Crippen LogP contribution in [0.3, 0.4) is 0 Å². The van der Waals surface area contributed by atoms with Crippen molar-refractivity contribution in [3.05, 3.63) is 29.8 Å². The van der Waals surface area contributed by atoms with Crippen LogP contribution in [-0.4, -0.2) is 13.2 Å². The molecule has 1 aliphatic carbocycles. The summed E-state index contributed by atoms with van der Waals surface area (Å²) in [6.07, 6.45) is 6.82. The average molecular weight is 275 g/mol. The molecule has 1 N–H and O–H groups in total. The number of benzene rings is 1. The Labute approximate surface area is 123 Å². The minimum atomic E-state index is 0.685. The lowest BCUT2D eigenvalue weighted by Gasteiger charge is -2.19. The molecule has 0 heterocycles. The molecule has 1 fully saturated rings. The summed E-state index contributed by atoms with van der Waals surface area (Å²) >= 11 is 0. The predicted octanol–water partition coefficient (Wildman–Crippen LogP) is 4.39. The Kier molecular flexibility index (Phi) is 5.90. The largest absolute Gasteiger partial charge is 0.497 e. The standard InChI is InChI=1S/C18H29NO/c1-14(2)16-7-5-8-17(11-10-16)19-13-15-6-4-9-18(12-15)20-3/h4,6,9,12,14,16-17,19H,5,7-8,10-11,13H2,1-3H3. The topological polar surface area (TPSA) is 21.3 Å². The SMILES string of the molecule is COc1cccc(CNC2CCCC(C(C)C)CC2)c1. The lowest BCUT2D eigenvalue weighted by Crippen LogP contribution is -2.28. The van der Waals surface area contributed by atoms with E-state index in [1.54, 1.807) is 7.11 Å². The van der Waals surface area contributed by atoms with Gasteiger partial charge in [0, 0.05) is 12.6 Å². The fourth-order valence-electron chi connectivity index (χ4n) is 3.25. The number of methoxy groups -OCH3 is 1. The normalized spacial score (nSPS) is 23.6. The Morgan fingerprint density at radius 3 is 2.80 bits per heavy atom. The zero-order valence-electron chi connectivity index (χ0n) is 13.2. The summed E-state index contributed by atoms with van der Waals surface area (Å²) in [5, 5.41) is 3.73. The minimum Gasteiger partial charge on any atom is -0.497 e. The molecule has 2 atom stereocenters. The van der Waals surface area contributed by atoms with Crippen molar-refractivity contribution in [2.45, 2.75) is 58.5 Å². The molecule has 0 aromatic heterocycles. The van der Waals surface area contributed by atoms with Gasteiger partial charge in [-0.2, -0.15) is 0 Å². The maximum atomic E-state index is 5.28. The molecule has 1 aromatic rings. The molecule has 0 spiro atoms. The fourth-order valence-corrected chi connectivity index (χ4v) is 3.25. The minimum absolute atomic E-state index is 0.685. The van der Waals surface area contributed by atoms with Crippen LogP contribution < -0.4 is 10.1 Å². The van der Waals surface area contributed by atoms with E-state index in [-0.39, 0.29) is 0 Å². The lowest BCUT2D eigenvalue weighted by molar-refractivity contribution is 0.337. The zero-order valence-corrected chi connectivity index (χ0v) is 13.2. The van der Waals surface area contributed by atoms with Crippen molar-refractivity contribution in [2.24, 2.45) is 11.8 Å². The van der Waals surface area contributed by atoms with Gasteiger partial charge < -0.3 is 10.1 Å². The zero-order chi connectivity index (χ0) is 14.4. The molecule has 2 nitrogen and oxygen atoms in total. The van der Waals surface area contributed by atoms with Gasteiger partial charge in [-0.25, -0.2) is 0 Å². The molecule has 112 valence electrons. The van der Waals surface area contributed by atoms with Crippen molar-refractivity contribution >= 4 is 0 Å². The maximum Gasteiger partial charge on any atom is 0.119 e. The van der Waals surface area contributed by atoms with Crippen LogP contribution in [0.4, 0.5) is 0 Å². The van der Waals surface area contributed by atoms with Gasteiger partial charge in [-0.3, -0.25) is 0 Å². The van der Waals surface area contributed by atoms with Crippen LogP contribution in [0, 0.1) is 11.8 Å². The van der Waals surface area contributed by atoms with Crippen molar-refractivity contribution in [1.29, 1.82) is 0 Å². The first-order valence-electron chi connectivity index (χ1n) is 8.05. The fraction of sp³-hybridized carbons (Fsp3) is 0.667. The van der Waals surface area contributed by atoms with E-state index < -0.39 is 0 Å². The van der Waals surface area contributed by atoms with Crippen LogP contribution >= 0.6 is 0 Å². The molecule has 20 heavy (non-hydrogen) atoms. The van der Waals surface area contributed by atoms with E-state index in [0.717, 1.165) is 24.1 Å². The highest BCUT2D eigenvalue weighted by molar-refractivity contribution is 5.28. The van der Waals surface area contributed by atoms with Gasteiger partial charge in [0.05, 0.1) is 7.11 Å². The first-order valence-corrected chi connectivity index (χ1v) is 8.05. The summed E-state index contributed by atoms with van der Waals surface area (Å²) in [6, 6.07) is 9.05. The van der Waals surface area contributed by atoms with Gasteiger partial charge in [-0.15, -0.1) is 0 Å². The van der Waals surface area contributed by atoms with Gasteiger partial charge in [0.15, 0.2) is 0 Å². The predicted molar refractivity (Wildman–Crippen MR) is 85.0 cm³/mol. The highest BCUT2D eigenvalue weighted by Crippen LogP contribution is 2.29. The van der Waals surface area contributed by atoms with Gasteiger partial charge >= 0.3 is 0 Å². The second-order valence-electron chi connectivity index (χ2n) is 6.44. The number of ether oxygens (including phenoxy) is 1. The third-order valence-electron chi connectivity index (χ3n) is 4.69. The number of rotatable bonds is 5. The molecule has 0 radical (unpaired) electrons. The molecule has 2 unspecified atom stereocenters. The first kappa shape index (κ1) is 15.4. The summed E-state index contributed by atoms with van der Waals surface area (Å²) in [5.74, 6) is 2.72. The van der Waals surface area contributed by atoms with Crippen LogP contribution in [0.1, 0.15) is 51.5 Å². The summed E-state index contributed by atoms with van der Waals surface area (Å²) in [6.45, 7) is 5.69. The van der Waals surface area contributed by atoms with E-state index in [0.29, 0.717) is 6.04 Å². The molecule has 1 aromatic carbocycles. The van der Waals surface area contributed by atoms with Gasteiger partial charge in [0.2, 0.25) is 0 Å². The monoisotopic (exact) mass is 275 g/mol. The third kappa shape index (κ3) is 4.52. The lowest BCUT2D eigenvalue weighted by atomic mass is 9.89. The number of nitrogens with one attached hydrogen (secondary N) is 1. The smallest absolute Gasteiger partial charge is 0.119 e. The highest BCUT2D eigenvalue weighted by Gasteiger charge is 2.20. The molecule has 0 aliphatic heterocycles. The molecule has 0 amide bonds. The van der Waals surface area contributed by atoms with E-state index >= 15 is 0 Å². The molecule has 1 saturated carbocycles. The summed E-state index contributed by atoms with van der Waals surface area (Å²) in [7, 11) is 1.73. The van der Waals surface area contributed by atoms with Crippen molar-refractivity contribution in [3.63, 3.8) is 0 Å². The van der Waals surface area contributed by atoms with Gasteiger partial charge in [0.25, 0.3) is 0 Å². The van der Waals surface area contributed by atoms with E-state index in [4.69, 9.17) is 4.74 Å². The van der Waals surface area contributed by atoms with Gasteiger partial charge in [0.1, 0.15) is 5.75 Å². The first-order chi connectivity index (χ1) is 9.69. The number of hydrogen-bond donors (Lipinski definition) is 1. The summed E-state index contributed by atoms with van der Waals surface area (Å²) in [5.41, 5.74) is 1.31. The third-order valence-corrected chi connectivity index (χ3v) is 4.69. The van der Waals surface area contributed by atoms with E-state index in [1.807, 2.05) is 6.07 Å². The quantitative estimate of drug-likeness (QED) is 0.805. The van der Waals surface area contributed by atoms with E-state index in [9.17, 15) is 0 Å². The molecular weight excluding hydrogens is 246 g/mol. The molecule has 0 bridgehead atoms. The van der Waals surface area contributed by atoms with Gasteiger partial charge in [-0.1, -0.05) is 38.8 Å². The van der Waals surface area contributed by atoms with Crippen molar-refractivity contribution in [2.75, 3.05) is 7.11 Å². The Bertz CT molecular complexity index is 402. The van der Waals surface area contributed by atoms with Crippen molar-refractivity contribution < 1.29 is 4.74 Å². The van der Waals surface area contributed by atoms with Crippen LogP contribution in [0.15, 0.2) is 24.3 Å². The molecule has 2 heteroatoms. The van der Waals surface area contributed by atoms with Crippen LogP contribution in [0.2, 0.25) is 0 Å². The van der Waals surface area contributed by atoms with E-state index in [2.05, 4.69) is 37.4 Å². The Morgan fingerprint density at radius 2 is 2.05 bits per heavy atom. The maximum absolute atomic E-state index is 5.28. The Hall–Kier alpha value is -1.02. The van der Waals surface area contributed by atoms with Gasteiger partial charge in [-0.05, 0) is 48.8 Å². The number of hydrogen-bond acceptors (Lipinski definition) is 2. The second-order valence-corrected chi connectivity index (χ2v) is 6.44. The molecule has 0 saturated heterocycles. The van der Waals surface area contributed by atoms with Crippen molar-refractivity contribution in [3.8, 4) is 5.75 Å². The summed E-state index contributed by atoms with van der Waals surface area (Å²) < 4.78 is 5.28. The molecular formula is C18H29NO. The Balaban J connectivity index is 1.81. The average Bonchev–Trinajstić information content (AvgIpc) is 2.71. The van der Waals surface area contributed by atoms with E-state index in [1.165, 1.54) is 37.7 Å². The van der Waals surface area contributed by atoms with Crippen LogP contribution in [-0.2, 0) is 6.54 Å². The van der Waals surface area contributed by atoms with Crippen LogP contribution in [0.25, 0.3) is 0 Å². The van der Waals surface area contributed by atoms with Crippen LogP contribution in [0.5, 0.6) is 5.75 Å². The summed E-state index contributed by atoms with van der Waals surface area (Å²) in [4.78, 5) is 0. The Morgan fingerprint density at radius 1 is 1.20 bits per heavy atom. The molecule has 2 rings (SSSR count). The highest BCUT2D eigenvalue weighted by atomic mass is 16.5. The molecule has 1 aliphatic rings.